The highest BCUT2D eigenvalue weighted by Gasteiger charge is 2.58. The van der Waals surface area contributed by atoms with Gasteiger partial charge in [0, 0.05) is 17.3 Å². The first kappa shape index (κ1) is 18.2. The summed E-state index contributed by atoms with van der Waals surface area (Å²) >= 11 is 3.28. The molecule has 0 radical (unpaired) electrons. The number of alkyl halides is 3. The van der Waals surface area contributed by atoms with Gasteiger partial charge in [-0.15, -0.1) is 0 Å². The van der Waals surface area contributed by atoms with Crippen molar-refractivity contribution in [3.8, 4) is 0 Å². The highest BCUT2D eigenvalue weighted by molar-refractivity contribution is 9.10. The highest BCUT2D eigenvalue weighted by Crippen LogP contribution is 2.43. The summed E-state index contributed by atoms with van der Waals surface area (Å²) in [4.78, 5) is 11.9. The van der Waals surface area contributed by atoms with Crippen LogP contribution in [-0.2, 0) is 9.53 Å². The zero-order valence-electron chi connectivity index (χ0n) is 12.9. The molecule has 0 bridgehead atoms. The predicted molar refractivity (Wildman–Crippen MR) is 85.9 cm³/mol. The highest BCUT2D eigenvalue weighted by atomic mass is 79.9. The molecule has 0 saturated carbocycles. The van der Waals surface area contributed by atoms with E-state index >= 15 is 0 Å². The summed E-state index contributed by atoms with van der Waals surface area (Å²) < 4.78 is 47.1. The molecular formula is C17H18BrF3O2. The van der Waals surface area contributed by atoms with Gasteiger partial charge in [-0.25, -0.2) is 0 Å². The van der Waals surface area contributed by atoms with Crippen molar-refractivity contribution in [2.75, 3.05) is 0 Å². The van der Waals surface area contributed by atoms with Crippen LogP contribution in [0.3, 0.4) is 0 Å². The quantitative estimate of drug-likeness (QED) is 0.711. The minimum atomic E-state index is -4.65. The second-order valence-corrected chi connectivity index (χ2v) is 7.01. The molecule has 0 N–H and O–H groups in total. The van der Waals surface area contributed by atoms with E-state index in [1.165, 1.54) is 6.08 Å². The Morgan fingerprint density at radius 2 is 2.09 bits per heavy atom. The van der Waals surface area contributed by atoms with Gasteiger partial charge in [0.25, 0.3) is 0 Å². The predicted octanol–water partition coefficient (Wildman–Crippen LogP) is 5.17. The monoisotopic (exact) mass is 390 g/mol. The molecular weight excluding hydrogens is 373 g/mol. The standard InChI is InChI=1S/C17H18BrF3O2/c1-11(2)15-9-14(22)10-16(23-15,17(19,20)21)7-6-12-4-3-5-13(18)8-12/h3-8,11,15H,9-10H2,1-2H3/b7-6+/t15-,16?/m0/s1. The van der Waals surface area contributed by atoms with Crippen molar-refractivity contribution in [2.24, 2.45) is 5.92 Å². The Hall–Kier alpha value is -1.14. The van der Waals surface area contributed by atoms with E-state index in [0.717, 1.165) is 10.5 Å². The number of rotatable bonds is 3. The van der Waals surface area contributed by atoms with Gasteiger partial charge >= 0.3 is 6.18 Å². The lowest BCUT2D eigenvalue weighted by Gasteiger charge is -2.41. The van der Waals surface area contributed by atoms with Crippen molar-refractivity contribution in [1.29, 1.82) is 0 Å². The van der Waals surface area contributed by atoms with Crippen molar-refractivity contribution in [3.63, 3.8) is 0 Å². The molecule has 0 amide bonds. The van der Waals surface area contributed by atoms with Gasteiger partial charge in [-0.2, -0.15) is 13.2 Å². The smallest absolute Gasteiger partial charge is 0.357 e. The largest absolute Gasteiger partial charge is 0.421 e. The number of halogens is 4. The van der Waals surface area contributed by atoms with Crippen LogP contribution >= 0.6 is 15.9 Å². The molecule has 0 aliphatic carbocycles. The normalized spacial score (nSPS) is 26.2. The van der Waals surface area contributed by atoms with Crippen LogP contribution in [0.2, 0.25) is 0 Å². The Bertz CT molecular complexity index is 610. The van der Waals surface area contributed by atoms with E-state index in [-0.39, 0.29) is 12.3 Å². The maximum absolute atomic E-state index is 13.7. The molecule has 1 fully saturated rings. The fourth-order valence-electron chi connectivity index (χ4n) is 2.52. The number of carbonyl (C=O) groups excluding carboxylic acids is 1. The van der Waals surface area contributed by atoms with Crippen LogP contribution < -0.4 is 0 Å². The van der Waals surface area contributed by atoms with E-state index < -0.39 is 30.1 Å². The topological polar surface area (TPSA) is 26.3 Å². The van der Waals surface area contributed by atoms with Gasteiger partial charge in [0.05, 0.1) is 6.10 Å². The summed E-state index contributed by atoms with van der Waals surface area (Å²) in [6.07, 6.45) is -3.71. The molecule has 1 unspecified atom stereocenters. The van der Waals surface area contributed by atoms with E-state index in [4.69, 9.17) is 4.74 Å². The van der Waals surface area contributed by atoms with Crippen molar-refractivity contribution in [1.82, 2.24) is 0 Å². The SMILES string of the molecule is CC(C)[C@@H]1CC(=O)CC(/C=C/c2cccc(Br)c2)(C(F)(F)F)O1. The Morgan fingerprint density at radius 1 is 1.39 bits per heavy atom. The molecule has 1 aliphatic heterocycles. The third-order valence-corrected chi connectivity index (χ3v) is 4.36. The molecule has 0 spiro atoms. The van der Waals surface area contributed by atoms with Gasteiger partial charge in [-0.05, 0) is 29.7 Å². The first-order valence-corrected chi connectivity index (χ1v) is 8.13. The van der Waals surface area contributed by atoms with E-state index in [0.29, 0.717) is 5.56 Å². The zero-order valence-corrected chi connectivity index (χ0v) is 14.4. The van der Waals surface area contributed by atoms with Crippen LogP contribution in [0.15, 0.2) is 34.8 Å². The Kier molecular flexibility index (Phi) is 5.36. The summed E-state index contributed by atoms with van der Waals surface area (Å²) in [5.74, 6) is -0.591. The van der Waals surface area contributed by atoms with E-state index in [1.807, 2.05) is 0 Å². The number of hydrogen-bond donors (Lipinski definition) is 0. The number of carbonyl (C=O) groups is 1. The van der Waals surface area contributed by atoms with Crippen LogP contribution in [0.1, 0.15) is 32.3 Å². The average molecular weight is 391 g/mol. The Balaban J connectivity index is 2.38. The summed E-state index contributed by atoms with van der Waals surface area (Å²) in [6, 6.07) is 6.90. The van der Waals surface area contributed by atoms with Crippen molar-refractivity contribution < 1.29 is 22.7 Å². The molecule has 1 saturated heterocycles. The zero-order chi connectivity index (χ0) is 17.3. The van der Waals surface area contributed by atoms with Crippen molar-refractivity contribution in [3.05, 3.63) is 40.4 Å². The van der Waals surface area contributed by atoms with Crippen LogP contribution in [0, 0.1) is 5.92 Å². The van der Waals surface area contributed by atoms with Crippen LogP contribution in [0.4, 0.5) is 13.2 Å². The van der Waals surface area contributed by atoms with Crippen molar-refractivity contribution >= 4 is 27.8 Å². The number of Topliss-reactive ketones (excluding diaryl/α,β-unsaturated/α-hetero) is 1. The maximum Gasteiger partial charge on any atom is 0.421 e. The van der Waals surface area contributed by atoms with Gasteiger partial charge in [0.2, 0.25) is 0 Å². The second kappa shape index (κ2) is 6.77. The van der Waals surface area contributed by atoms with Gasteiger partial charge in [0.15, 0.2) is 5.60 Å². The lowest BCUT2D eigenvalue weighted by Crippen LogP contribution is -2.54. The van der Waals surface area contributed by atoms with Crippen LogP contribution in [-0.4, -0.2) is 23.7 Å². The molecule has 126 valence electrons. The van der Waals surface area contributed by atoms with E-state index in [1.54, 1.807) is 38.1 Å². The molecule has 1 aromatic carbocycles. The lowest BCUT2D eigenvalue weighted by atomic mass is 9.86. The van der Waals surface area contributed by atoms with Crippen LogP contribution in [0.25, 0.3) is 6.08 Å². The Labute approximate surface area is 141 Å². The summed E-state index contributed by atoms with van der Waals surface area (Å²) in [5.41, 5.74) is -1.95. The molecule has 2 rings (SSSR count). The van der Waals surface area contributed by atoms with Gasteiger partial charge < -0.3 is 4.74 Å². The fraction of sp³-hybridized carbons (Fsp3) is 0.471. The minimum absolute atomic E-state index is 0.0280. The number of benzene rings is 1. The lowest BCUT2D eigenvalue weighted by molar-refractivity contribution is -0.282. The van der Waals surface area contributed by atoms with E-state index in [2.05, 4.69) is 15.9 Å². The number of ether oxygens (including phenoxy) is 1. The van der Waals surface area contributed by atoms with E-state index in [9.17, 15) is 18.0 Å². The first-order chi connectivity index (χ1) is 10.6. The van der Waals surface area contributed by atoms with Crippen molar-refractivity contribution in [2.45, 2.75) is 44.6 Å². The Morgan fingerprint density at radius 3 is 2.65 bits per heavy atom. The molecule has 6 heteroatoms. The molecule has 1 aliphatic rings. The number of ketones is 1. The van der Waals surface area contributed by atoms with Gasteiger partial charge in [-0.1, -0.05) is 48.0 Å². The third-order valence-electron chi connectivity index (χ3n) is 3.87. The maximum atomic E-state index is 13.7. The number of hydrogen-bond acceptors (Lipinski definition) is 2. The van der Waals surface area contributed by atoms with Gasteiger partial charge in [-0.3, -0.25) is 4.79 Å². The summed E-state index contributed by atoms with van der Waals surface area (Å²) in [5, 5.41) is 0. The second-order valence-electron chi connectivity index (χ2n) is 6.10. The molecule has 23 heavy (non-hydrogen) atoms. The third kappa shape index (κ3) is 4.23. The summed E-state index contributed by atoms with van der Waals surface area (Å²) in [6.45, 7) is 3.50. The first-order valence-electron chi connectivity index (χ1n) is 7.34. The summed E-state index contributed by atoms with van der Waals surface area (Å²) in [7, 11) is 0. The minimum Gasteiger partial charge on any atom is -0.357 e. The molecule has 2 nitrogen and oxygen atoms in total. The van der Waals surface area contributed by atoms with Gasteiger partial charge in [0.1, 0.15) is 5.78 Å². The average Bonchev–Trinajstić information content (AvgIpc) is 2.43. The molecule has 2 atom stereocenters. The fourth-order valence-corrected chi connectivity index (χ4v) is 2.93. The van der Waals surface area contributed by atoms with Crippen LogP contribution in [0.5, 0.6) is 0 Å². The molecule has 1 aromatic rings. The molecule has 1 heterocycles. The molecule has 0 aromatic heterocycles.